The van der Waals surface area contributed by atoms with E-state index in [1.807, 2.05) is 61.5 Å². The predicted octanol–water partition coefficient (Wildman–Crippen LogP) is 5.80. The average Bonchev–Trinajstić information content (AvgIpc) is 3.60. The first kappa shape index (κ1) is 33.3. The van der Waals surface area contributed by atoms with E-state index in [1.54, 1.807) is 18.2 Å². The lowest BCUT2D eigenvalue weighted by atomic mass is 10.0. The highest BCUT2D eigenvalue weighted by molar-refractivity contribution is 7.92. The van der Waals surface area contributed by atoms with Gasteiger partial charge in [0, 0.05) is 31.1 Å². The normalized spacial score (nSPS) is 13.9. The lowest BCUT2D eigenvalue weighted by Gasteiger charge is -2.34. The topological polar surface area (TPSA) is 130 Å². The van der Waals surface area contributed by atoms with Gasteiger partial charge in [-0.2, -0.15) is 0 Å². The summed E-state index contributed by atoms with van der Waals surface area (Å²) in [5.41, 5.74) is 2.46. The first-order valence-electron chi connectivity index (χ1n) is 15.6. The van der Waals surface area contributed by atoms with Crippen molar-refractivity contribution in [2.75, 3.05) is 10.8 Å². The average molecular weight is 655 g/mol. The van der Waals surface area contributed by atoms with E-state index in [4.69, 9.17) is 0 Å². The number of rotatable bonds is 13. The Morgan fingerprint density at radius 3 is 2.09 bits per heavy atom. The Morgan fingerprint density at radius 2 is 1.47 bits per heavy atom. The summed E-state index contributed by atoms with van der Waals surface area (Å²) in [6, 6.07) is 28.8. The molecule has 1 aliphatic rings. The Labute approximate surface area is 275 Å². The molecule has 1 atom stereocenters. The molecule has 0 aromatic heterocycles. The molecule has 1 N–H and O–H groups in total. The Balaban J connectivity index is 1.57. The van der Waals surface area contributed by atoms with E-state index in [0.717, 1.165) is 46.7 Å². The summed E-state index contributed by atoms with van der Waals surface area (Å²) in [5.74, 6) is -0.885. The number of aryl methyl sites for hydroxylation is 1. The Bertz CT molecular complexity index is 1790. The summed E-state index contributed by atoms with van der Waals surface area (Å²) in [6.07, 6.45) is 3.97. The van der Waals surface area contributed by atoms with Crippen LogP contribution in [0.25, 0.3) is 0 Å². The number of hydrogen-bond acceptors (Lipinski definition) is 6. The molecule has 4 aromatic carbocycles. The van der Waals surface area contributed by atoms with Crippen molar-refractivity contribution in [3.8, 4) is 0 Å². The second kappa shape index (κ2) is 15.0. The van der Waals surface area contributed by atoms with Crippen LogP contribution >= 0.6 is 0 Å². The van der Waals surface area contributed by atoms with Crippen molar-refractivity contribution in [2.24, 2.45) is 0 Å². The summed E-state index contributed by atoms with van der Waals surface area (Å²) in [7, 11) is -4.30. The fourth-order valence-corrected chi connectivity index (χ4v) is 7.32. The van der Waals surface area contributed by atoms with Crippen molar-refractivity contribution in [3.63, 3.8) is 0 Å². The number of nitrogens with zero attached hydrogens (tertiary/aromatic N) is 3. The molecular weight excluding hydrogens is 616 g/mol. The molecule has 10 nitrogen and oxygen atoms in total. The van der Waals surface area contributed by atoms with Crippen LogP contribution in [0, 0.1) is 17.0 Å². The Hall–Kier alpha value is -5.03. The lowest BCUT2D eigenvalue weighted by molar-refractivity contribution is -0.384. The number of hydrogen-bond donors (Lipinski definition) is 1. The van der Waals surface area contributed by atoms with Crippen molar-refractivity contribution in [3.05, 3.63) is 136 Å². The van der Waals surface area contributed by atoms with Gasteiger partial charge in [-0.15, -0.1) is 0 Å². The number of nitro groups is 1. The molecule has 1 fully saturated rings. The molecule has 2 amide bonds. The maximum Gasteiger partial charge on any atom is 0.269 e. The summed E-state index contributed by atoms with van der Waals surface area (Å²) in [5, 5.41) is 14.5. The van der Waals surface area contributed by atoms with E-state index in [1.165, 1.54) is 41.3 Å². The SMILES string of the molecule is Cc1ccccc1CN(C(=O)CN(c1ccc([N+](=O)[O-])cc1)S(=O)(=O)c1ccccc1)C(Cc1ccccc1)C(=O)NC1CCCC1. The van der Waals surface area contributed by atoms with Crippen LogP contribution in [-0.2, 0) is 32.6 Å². The minimum atomic E-state index is -4.30. The van der Waals surface area contributed by atoms with Gasteiger partial charge in [0.15, 0.2) is 0 Å². The van der Waals surface area contributed by atoms with Crippen LogP contribution in [0.2, 0.25) is 0 Å². The molecule has 47 heavy (non-hydrogen) atoms. The van der Waals surface area contributed by atoms with E-state index in [-0.39, 0.29) is 41.2 Å². The summed E-state index contributed by atoms with van der Waals surface area (Å²) >= 11 is 0. The fourth-order valence-electron chi connectivity index (χ4n) is 5.88. The number of benzene rings is 4. The zero-order valence-corrected chi connectivity index (χ0v) is 27.0. The van der Waals surface area contributed by atoms with Gasteiger partial charge in [0.05, 0.1) is 15.5 Å². The Morgan fingerprint density at radius 1 is 0.872 bits per heavy atom. The largest absolute Gasteiger partial charge is 0.352 e. The monoisotopic (exact) mass is 654 g/mol. The summed E-state index contributed by atoms with van der Waals surface area (Å²) < 4.78 is 29.1. The molecular formula is C36H38N4O6S. The van der Waals surface area contributed by atoms with Crippen molar-refractivity contribution in [2.45, 2.75) is 62.6 Å². The van der Waals surface area contributed by atoms with Crippen LogP contribution in [0.5, 0.6) is 0 Å². The van der Waals surface area contributed by atoms with Crippen molar-refractivity contribution in [1.82, 2.24) is 10.2 Å². The second-order valence-electron chi connectivity index (χ2n) is 11.7. The first-order chi connectivity index (χ1) is 22.6. The van der Waals surface area contributed by atoms with E-state index in [0.29, 0.717) is 0 Å². The van der Waals surface area contributed by atoms with E-state index < -0.39 is 33.4 Å². The van der Waals surface area contributed by atoms with E-state index in [9.17, 15) is 28.1 Å². The van der Waals surface area contributed by atoms with Gasteiger partial charge < -0.3 is 10.2 Å². The highest BCUT2D eigenvalue weighted by atomic mass is 32.2. The van der Waals surface area contributed by atoms with Gasteiger partial charge in [0.1, 0.15) is 12.6 Å². The van der Waals surface area contributed by atoms with E-state index in [2.05, 4.69) is 5.32 Å². The molecule has 0 bridgehead atoms. The number of carbonyl (C=O) groups excluding carboxylic acids is 2. The smallest absolute Gasteiger partial charge is 0.269 e. The van der Waals surface area contributed by atoms with Gasteiger partial charge in [0.2, 0.25) is 11.8 Å². The standard InChI is InChI=1S/C36H38N4O6S/c1-27-12-8-9-15-29(27)25-38(34(24-28-13-4-2-5-14-28)36(42)37-30-16-10-11-17-30)35(41)26-39(31-20-22-32(23-21-31)40(43)44)47(45,46)33-18-6-3-7-19-33/h2-9,12-15,18-23,30,34H,10-11,16-17,24-26H2,1H3,(H,37,42). The molecule has 4 aromatic rings. The number of nitro benzene ring substituents is 1. The van der Waals surface area contributed by atoms with Crippen molar-refractivity contribution >= 4 is 33.2 Å². The zero-order chi connectivity index (χ0) is 33.4. The number of sulfonamides is 1. The number of carbonyl (C=O) groups is 2. The van der Waals surface area contributed by atoms with Gasteiger partial charge in [-0.3, -0.25) is 24.0 Å². The molecule has 244 valence electrons. The molecule has 11 heteroatoms. The van der Waals surface area contributed by atoms with E-state index >= 15 is 0 Å². The minimum absolute atomic E-state index is 0.00579. The summed E-state index contributed by atoms with van der Waals surface area (Å²) in [6.45, 7) is 1.36. The molecule has 0 aliphatic heterocycles. The van der Waals surface area contributed by atoms with Gasteiger partial charge >= 0.3 is 0 Å². The van der Waals surface area contributed by atoms with Gasteiger partial charge in [-0.25, -0.2) is 8.42 Å². The maximum atomic E-state index is 14.6. The number of non-ortho nitro benzene ring substituents is 1. The molecule has 1 aliphatic carbocycles. The highest BCUT2D eigenvalue weighted by Gasteiger charge is 2.35. The number of nitrogens with one attached hydrogen (secondary N) is 1. The molecule has 1 unspecified atom stereocenters. The molecule has 5 rings (SSSR count). The zero-order valence-electron chi connectivity index (χ0n) is 26.2. The van der Waals surface area contributed by atoms with Crippen LogP contribution in [0.15, 0.2) is 114 Å². The third-order valence-electron chi connectivity index (χ3n) is 8.53. The third-order valence-corrected chi connectivity index (χ3v) is 10.3. The molecule has 0 spiro atoms. The number of anilines is 1. The molecule has 0 radical (unpaired) electrons. The van der Waals surface area contributed by atoms with Crippen LogP contribution in [0.3, 0.4) is 0 Å². The first-order valence-corrected chi connectivity index (χ1v) is 17.1. The van der Waals surface area contributed by atoms with Crippen molar-refractivity contribution < 1.29 is 22.9 Å². The molecule has 0 saturated heterocycles. The van der Waals surface area contributed by atoms with Crippen LogP contribution in [0.4, 0.5) is 11.4 Å². The lowest BCUT2D eigenvalue weighted by Crippen LogP contribution is -2.54. The molecule has 1 saturated carbocycles. The van der Waals surface area contributed by atoms with Gasteiger partial charge in [0.25, 0.3) is 15.7 Å². The highest BCUT2D eigenvalue weighted by Crippen LogP contribution is 2.27. The van der Waals surface area contributed by atoms with Crippen LogP contribution in [0.1, 0.15) is 42.4 Å². The Kier molecular flexibility index (Phi) is 10.7. The molecule has 0 heterocycles. The quantitative estimate of drug-likeness (QED) is 0.143. The third kappa shape index (κ3) is 8.23. The van der Waals surface area contributed by atoms with Crippen LogP contribution in [-0.4, -0.2) is 48.7 Å². The maximum absolute atomic E-state index is 14.6. The minimum Gasteiger partial charge on any atom is -0.352 e. The summed E-state index contributed by atoms with van der Waals surface area (Å²) in [4.78, 5) is 40.9. The second-order valence-corrected chi connectivity index (χ2v) is 13.6. The van der Waals surface area contributed by atoms with Gasteiger partial charge in [-0.1, -0.05) is 85.6 Å². The number of amides is 2. The fraction of sp³-hybridized carbons (Fsp3) is 0.278. The predicted molar refractivity (Wildman–Crippen MR) is 180 cm³/mol. The van der Waals surface area contributed by atoms with Crippen LogP contribution < -0.4 is 9.62 Å². The van der Waals surface area contributed by atoms with Gasteiger partial charge in [-0.05, 0) is 60.7 Å². The van der Waals surface area contributed by atoms with Crippen molar-refractivity contribution in [1.29, 1.82) is 0 Å².